The maximum Gasteiger partial charge on any atom is 0.240 e. The van der Waals surface area contributed by atoms with Crippen molar-refractivity contribution in [3.63, 3.8) is 0 Å². The van der Waals surface area contributed by atoms with Gasteiger partial charge in [-0.3, -0.25) is 4.79 Å². The molecule has 3 nitrogen and oxygen atoms in total. The zero-order chi connectivity index (χ0) is 16.0. The van der Waals surface area contributed by atoms with Gasteiger partial charge in [0.2, 0.25) is 5.91 Å². The highest BCUT2D eigenvalue weighted by atomic mass is 16.2. The van der Waals surface area contributed by atoms with E-state index in [1.165, 1.54) is 0 Å². The van der Waals surface area contributed by atoms with Crippen LogP contribution in [0.15, 0.2) is 0 Å². The van der Waals surface area contributed by atoms with Crippen molar-refractivity contribution in [3.05, 3.63) is 0 Å². The molecular weight excluding hydrogens is 248 g/mol. The first-order valence-corrected chi connectivity index (χ1v) is 8.08. The Labute approximate surface area is 126 Å². The SMILES string of the molecule is CCCNC(=O)C(C)(CC(C)C)NCC(C)(C)C(C)C. The van der Waals surface area contributed by atoms with E-state index in [0.29, 0.717) is 11.8 Å². The minimum absolute atomic E-state index is 0.132. The molecule has 0 aromatic carbocycles. The summed E-state index contributed by atoms with van der Waals surface area (Å²) >= 11 is 0. The van der Waals surface area contributed by atoms with Crippen LogP contribution >= 0.6 is 0 Å². The van der Waals surface area contributed by atoms with Crippen LogP contribution in [0.25, 0.3) is 0 Å². The van der Waals surface area contributed by atoms with Gasteiger partial charge in [0.05, 0.1) is 5.54 Å². The Bertz CT molecular complexity index is 297. The largest absolute Gasteiger partial charge is 0.355 e. The number of hydrogen-bond acceptors (Lipinski definition) is 2. The summed E-state index contributed by atoms with van der Waals surface area (Å²) in [6.45, 7) is 19.0. The van der Waals surface area contributed by atoms with Gasteiger partial charge in [0.1, 0.15) is 0 Å². The van der Waals surface area contributed by atoms with Gasteiger partial charge in [0, 0.05) is 13.1 Å². The predicted molar refractivity (Wildman–Crippen MR) is 87.8 cm³/mol. The minimum atomic E-state index is -0.477. The van der Waals surface area contributed by atoms with Crippen molar-refractivity contribution >= 4 is 5.91 Å². The lowest BCUT2D eigenvalue weighted by Crippen LogP contribution is -2.57. The van der Waals surface area contributed by atoms with Crippen LogP contribution in [0.1, 0.15) is 68.2 Å². The molecule has 0 aliphatic rings. The van der Waals surface area contributed by atoms with Crippen LogP contribution in [-0.2, 0) is 4.79 Å². The Morgan fingerprint density at radius 3 is 2.05 bits per heavy atom. The molecule has 1 amide bonds. The summed E-state index contributed by atoms with van der Waals surface area (Å²) in [5.74, 6) is 1.20. The van der Waals surface area contributed by atoms with Crippen molar-refractivity contribution in [1.29, 1.82) is 0 Å². The molecule has 0 saturated heterocycles. The summed E-state index contributed by atoms with van der Waals surface area (Å²) in [7, 11) is 0. The molecule has 0 saturated carbocycles. The molecule has 0 aromatic rings. The van der Waals surface area contributed by atoms with Crippen LogP contribution in [0.2, 0.25) is 0 Å². The van der Waals surface area contributed by atoms with E-state index in [-0.39, 0.29) is 11.3 Å². The smallest absolute Gasteiger partial charge is 0.240 e. The third-order valence-corrected chi connectivity index (χ3v) is 4.35. The van der Waals surface area contributed by atoms with Crippen molar-refractivity contribution < 1.29 is 4.79 Å². The lowest BCUT2D eigenvalue weighted by Gasteiger charge is -2.37. The van der Waals surface area contributed by atoms with Crippen LogP contribution in [0.4, 0.5) is 0 Å². The Morgan fingerprint density at radius 1 is 1.10 bits per heavy atom. The molecule has 0 aromatic heterocycles. The summed E-state index contributed by atoms with van der Waals surface area (Å²) in [6.07, 6.45) is 1.83. The van der Waals surface area contributed by atoms with Gasteiger partial charge < -0.3 is 10.6 Å². The predicted octanol–water partition coefficient (Wildman–Crippen LogP) is 3.59. The van der Waals surface area contributed by atoms with E-state index in [1.54, 1.807) is 0 Å². The molecule has 0 spiro atoms. The number of nitrogens with one attached hydrogen (secondary N) is 2. The molecule has 0 heterocycles. The fourth-order valence-corrected chi connectivity index (χ4v) is 2.12. The average molecular weight is 284 g/mol. The van der Waals surface area contributed by atoms with Crippen LogP contribution in [0.5, 0.6) is 0 Å². The van der Waals surface area contributed by atoms with E-state index >= 15 is 0 Å². The molecule has 0 bridgehead atoms. The van der Waals surface area contributed by atoms with Gasteiger partial charge in [-0.1, -0.05) is 48.5 Å². The monoisotopic (exact) mass is 284 g/mol. The van der Waals surface area contributed by atoms with Gasteiger partial charge in [-0.25, -0.2) is 0 Å². The van der Waals surface area contributed by atoms with E-state index in [4.69, 9.17) is 0 Å². The average Bonchev–Trinajstić information content (AvgIpc) is 2.32. The standard InChI is InChI=1S/C17H36N2O/c1-9-10-18-15(20)17(8,11-13(2)3)19-12-16(6,7)14(4)5/h13-14,19H,9-12H2,1-8H3,(H,18,20). The second-order valence-electron chi connectivity index (χ2n) is 7.68. The maximum atomic E-state index is 12.5. The molecule has 0 radical (unpaired) electrons. The summed E-state index contributed by atoms with van der Waals surface area (Å²) in [6, 6.07) is 0. The summed E-state index contributed by atoms with van der Waals surface area (Å²) in [4.78, 5) is 12.5. The Hall–Kier alpha value is -0.570. The second kappa shape index (κ2) is 8.02. The molecule has 2 N–H and O–H groups in total. The van der Waals surface area contributed by atoms with Crippen molar-refractivity contribution in [1.82, 2.24) is 10.6 Å². The zero-order valence-electron chi connectivity index (χ0n) is 14.9. The van der Waals surface area contributed by atoms with E-state index in [2.05, 4.69) is 59.1 Å². The molecule has 0 rings (SSSR count). The van der Waals surface area contributed by atoms with Crippen LogP contribution in [0.3, 0.4) is 0 Å². The van der Waals surface area contributed by atoms with Gasteiger partial charge in [0.25, 0.3) is 0 Å². The number of hydrogen-bond donors (Lipinski definition) is 2. The molecule has 20 heavy (non-hydrogen) atoms. The third-order valence-electron chi connectivity index (χ3n) is 4.35. The van der Waals surface area contributed by atoms with Crippen molar-refractivity contribution in [3.8, 4) is 0 Å². The quantitative estimate of drug-likeness (QED) is 0.679. The summed E-state index contributed by atoms with van der Waals surface area (Å²) < 4.78 is 0. The van der Waals surface area contributed by atoms with E-state index < -0.39 is 5.54 Å². The molecule has 0 fully saturated rings. The first kappa shape index (κ1) is 19.4. The maximum absolute atomic E-state index is 12.5. The topological polar surface area (TPSA) is 41.1 Å². The normalized spacial score (nSPS) is 15.5. The Kier molecular flexibility index (Phi) is 7.79. The van der Waals surface area contributed by atoms with Crippen LogP contribution in [-0.4, -0.2) is 24.5 Å². The highest BCUT2D eigenvalue weighted by molar-refractivity contribution is 5.85. The van der Waals surface area contributed by atoms with Crippen LogP contribution in [0, 0.1) is 17.3 Å². The Morgan fingerprint density at radius 2 is 1.65 bits per heavy atom. The molecule has 0 aliphatic carbocycles. The number of rotatable bonds is 9. The molecule has 120 valence electrons. The van der Waals surface area contributed by atoms with Gasteiger partial charge in [0.15, 0.2) is 0 Å². The highest BCUT2D eigenvalue weighted by Gasteiger charge is 2.35. The fourth-order valence-electron chi connectivity index (χ4n) is 2.12. The van der Waals surface area contributed by atoms with Gasteiger partial charge >= 0.3 is 0 Å². The molecule has 0 aliphatic heterocycles. The van der Waals surface area contributed by atoms with Crippen molar-refractivity contribution in [2.24, 2.45) is 17.3 Å². The molecule has 3 heteroatoms. The molecule has 1 unspecified atom stereocenters. The minimum Gasteiger partial charge on any atom is -0.355 e. The second-order valence-corrected chi connectivity index (χ2v) is 7.68. The summed E-state index contributed by atoms with van der Waals surface area (Å²) in [5.41, 5.74) is -0.293. The van der Waals surface area contributed by atoms with E-state index in [0.717, 1.165) is 25.9 Å². The van der Waals surface area contributed by atoms with E-state index in [1.807, 2.05) is 6.92 Å². The third kappa shape index (κ3) is 6.25. The van der Waals surface area contributed by atoms with Gasteiger partial charge in [-0.2, -0.15) is 0 Å². The first-order chi connectivity index (χ1) is 9.05. The number of amides is 1. The number of carbonyl (C=O) groups is 1. The van der Waals surface area contributed by atoms with Crippen LogP contribution < -0.4 is 10.6 Å². The highest BCUT2D eigenvalue weighted by Crippen LogP contribution is 2.27. The lowest BCUT2D eigenvalue weighted by molar-refractivity contribution is -0.128. The zero-order valence-corrected chi connectivity index (χ0v) is 14.9. The molecular formula is C17H36N2O. The fraction of sp³-hybridized carbons (Fsp3) is 0.941. The van der Waals surface area contributed by atoms with Gasteiger partial charge in [-0.05, 0) is 37.0 Å². The lowest BCUT2D eigenvalue weighted by atomic mass is 9.79. The van der Waals surface area contributed by atoms with Gasteiger partial charge in [-0.15, -0.1) is 0 Å². The van der Waals surface area contributed by atoms with E-state index in [9.17, 15) is 4.79 Å². The molecule has 1 atom stereocenters. The first-order valence-electron chi connectivity index (χ1n) is 8.08. The Balaban J connectivity index is 4.82. The van der Waals surface area contributed by atoms with Crippen molar-refractivity contribution in [2.75, 3.05) is 13.1 Å². The van der Waals surface area contributed by atoms with Crippen molar-refractivity contribution in [2.45, 2.75) is 73.8 Å². The number of carbonyl (C=O) groups excluding carboxylic acids is 1. The summed E-state index contributed by atoms with van der Waals surface area (Å²) in [5, 5.41) is 6.59.